The third-order valence-electron chi connectivity index (χ3n) is 2.72. The molecule has 1 amide bonds. The average molecular weight is 228 g/mol. The number of benzene rings is 1. The molecule has 17 heavy (non-hydrogen) atoms. The molecule has 1 unspecified atom stereocenters. The molecule has 0 aliphatic carbocycles. The Morgan fingerprint density at radius 1 is 1.18 bits per heavy atom. The third kappa shape index (κ3) is 2.75. The van der Waals surface area contributed by atoms with Crippen molar-refractivity contribution >= 4 is 5.91 Å². The first-order valence-corrected chi connectivity index (χ1v) is 5.67. The Labute approximate surface area is 101 Å². The Bertz CT molecular complexity index is 485. The van der Waals surface area contributed by atoms with Crippen LogP contribution in [-0.2, 0) is 4.79 Å². The van der Waals surface area contributed by atoms with Crippen LogP contribution in [0.3, 0.4) is 0 Å². The summed E-state index contributed by atoms with van der Waals surface area (Å²) in [6.45, 7) is 3.51. The van der Waals surface area contributed by atoms with Crippen LogP contribution in [0.25, 0.3) is 5.69 Å². The van der Waals surface area contributed by atoms with E-state index in [1.165, 1.54) is 6.92 Å². The van der Waals surface area contributed by atoms with Crippen molar-refractivity contribution in [3.63, 3.8) is 0 Å². The molecule has 2 aromatic rings. The van der Waals surface area contributed by atoms with Gasteiger partial charge in [-0.25, -0.2) is 0 Å². The summed E-state index contributed by atoms with van der Waals surface area (Å²) in [5.74, 6) is -0.00742. The molecule has 1 aromatic heterocycles. The van der Waals surface area contributed by atoms with Crippen molar-refractivity contribution in [2.45, 2.75) is 19.9 Å². The molecule has 1 aromatic carbocycles. The monoisotopic (exact) mass is 228 g/mol. The summed E-state index contributed by atoms with van der Waals surface area (Å²) < 4.78 is 2.05. The van der Waals surface area contributed by atoms with Gasteiger partial charge in [-0.2, -0.15) is 0 Å². The molecule has 0 bridgehead atoms. The van der Waals surface area contributed by atoms with E-state index in [0.717, 1.165) is 11.3 Å². The van der Waals surface area contributed by atoms with Gasteiger partial charge in [0, 0.05) is 25.0 Å². The predicted octanol–water partition coefficient (Wildman–Crippen LogP) is 2.67. The van der Waals surface area contributed by atoms with Gasteiger partial charge in [-0.15, -0.1) is 0 Å². The Morgan fingerprint density at radius 2 is 1.76 bits per heavy atom. The normalized spacial score (nSPS) is 12.1. The molecule has 0 spiro atoms. The van der Waals surface area contributed by atoms with E-state index in [1.807, 2.05) is 60.3 Å². The Morgan fingerprint density at radius 3 is 2.29 bits per heavy atom. The summed E-state index contributed by atoms with van der Waals surface area (Å²) in [5.41, 5.74) is 2.23. The highest BCUT2D eigenvalue weighted by Gasteiger charge is 2.06. The summed E-state index contributed by atoms with van der Waals surface area (Å²) in [5, 5.41) is 2.87. The largest absolute Gasteiger partial charge is 0.350 e. The van der Waals surface area contributed by atoms with E-state index in [2.05, 4.69) is 5.32 Å². The second kappa shape index (κ2) is 4.87. The second-order valence-electron chi connectivity index (χ2n) is 4.10. The lowest BCUT2D eigenvalue weighted by atomic mass is 10.1. The van der Waals surface area contributed by atoms with Gasteiger partial charge in [-0.3, -0.25) is 4.79 Å². The van der Waals surface area contributed by atoms with Crippen LogP contribution in [0.2, 0.25) is 0 Å². The highest BCUT2D eigenvalue weighted by molar-refractivity contribution is 5.73. The lowest BCUT2D eigenvalue weighted by Gasteiger charge is -2.13. The molecule has 0 saturated carbocycles. The smallest absolute Gasteiger partial charge is 0.217 e. The number of aromatic nitrogens is 1. The molecule has 0 saturated heterocycles. The number of hydrogen-bond donors (Lipinski definition) is 1. The lowest BCUT2D eigenvalue weighted by molar-refractivity contribution is -0.119. The van der Waals surface area contributed by atoms with Gasteiger partial charge in [-0.05, 0) is 36.8 Å². The fourth-order valence-corrected chi connectivity index (χ4v) is 1.83. The van der Waals surface area contributed by atoms with Crippen molar-refractivity contribution in [1.29, 1.82) is 0 Å². The molecule has 88 valence electrons. The standard InChI is InChI=1S/C14H16N2O/c1-11(15-12(2)17)13-5-7-14(8-6-13)16-9-3-4-10-16/h3-11H,1-2H3,(H,15,17). The van der Waals surface area contributed by atoms with Gasteiger partial charge >= 0.3 is 0 Å². The molecule has 2 rings (SSSR count). The molecule has 0 fully saturated rings. The summed E-state index contributed by atoms with van der Waals surface area (Å²) in [6.07, 6.45) is 4.01. The minimum absolute atomic E-state index is 0.00742. The van der Waals surface area contributed by atoms with Crippen molar-refractivity contribution in [3.05, 3.63) is 54.4 Å². The van der Waals surface area contributed by atoms with Gasteiger partial charge in [0.25, 0.3) is 0 Å². The highest BCUT2D eigenvalue weighted by atomic mass is 16.1. The van der Waals surface area contributed by atoms with Crippen LogP contribution in [0.15, 0.2) is 48.8 Å². The topological polar surface area (TPSA) is 34.0 Å². The lowest BCUT2D eigenvalue weighted by Crippen LogP contribution is -2.23. The van der Waals surface area contributed by atoms with E-state index in [4.69, 9.17) is 0 Å². The van der Waals surface area contributed by atoms with E-state index in [-0.39, 0.29) is 11.9 Å². The van der Waals surface area contributed by atoms with E-state index in [1.54, 1.807) is 0 Å². The summed E-state index contributed by atoms with van der Waals surface area (Å²) in [7, 11) is 0. The van der Waals surface area contributed by atoms with E-state index >= 15 is 0 Å². The van der Waals surface area contributed by atoms with Gasteiger partial charge in [0.2, 0.25) is 5.91 Å². The number of rotatable bonds is 3. The van der Waals surface area contributed by atoms with Crippen molar-refractivity contribution in [2.24, 2.45) is 0 Å². The van der Waals surface area contributed by atoms with Crippen LogP contribution in [0, 0.1) is 0 Å². The zero-order valence-corrected chi connectivity index (χ0v) is 10.1. The van der Waals surface area contributed by atoms with Crippen LogP contribution >= 0.6 is 0 Å². The zero-order valence-electron chi connectivity index (χ0n) is 10.1. The SMILES string of the molecule is CC(=O)NC(C)c1ccc(-n2cccc2)cc1. The number of nitrogens with zero attached hydrogens (tertiary/aromatic N) is 1. The molecule has 1 N–H and O–H groups in total. The molecule has 0 radical (unpaired) electrons. The van der Waals surface area contributed by atoms with Crippen molar-refractivity contribution in [1.82, 2.24) is 9.88 Å². The Balaban J connectivity index is 2.15. The summed E-state index contributed by atoms with van der Waals surface area (Å²) in [4.78, 5) is 11.0. The van der Waals surface area contributed by atoms with Gasteiger partial charge in [0.15, 0.2) is 0 Å². The highest BCUT2D eigenvalue weighted by Crippen LogP contribution is 2.15. The minimum atomic E-state index is -0.00742. The predicted molar refractivity (Wildman–Crippen MR) is 68.0 cm³/mol. The average Bonchev–Trinajstić information content (AvgIpc) is 2.82. The van der Waals surface area contributed by atoms with Gasteiger partial charge in [0.1, 0.15) is 0 Å². The number of carbonyl (C=O) groups excluding carboxylic acids is 1. The number of carbonyl (C=O) groups is 1. The van der Waals surface area contributed by atoms with Crippen molar-refractivity contribution in [3.8, 4) is 5.69 Å². The quantitative estimate of drug-likeness (QED) is 0.861. The third-order valence-corrected chi connectivity index (χ3v) is 2.72. The Hall–Kier alpha value is -2.03. The van der Waals surface area contributed by atoms with Crippen LogP contribution in [-0.4, -0.2) is 10.5 Å². The van der Waals surface area contributed by atoms with Crippen LogP contribution in [0.5, 0.6) is 0 Å². The summed E-state index contributed by atoms with van der Waals surface area (Å²) in [6, 6.07) is 12.2. The minimum Gasteiger partial charge on any atom is -0.350 e. The number of amides is 1. The van der Waals surface area contributed by atoms with Crippen molar-refractivity contribution < 1.29 is 4.79 Å². The van der Waals surface area contributed by atoms with Gasteiger partial charge in [0.05, 0.1) is 6.04 Å². The molecular weight excluding hydrogens is 212 g/mol. The Kier molecular flexibility index (Phi) is 3.28. The molecule has 0 aliphatic heterocycles. The molecule has 1 atom stereocenters. The maximum atomic E-state index is 11.0. The first-order valence-electron chi connectivity index (χ1n) is 5.67. The van der Waals surface area contributed by atoms with Crippen LogP contribution in [0.1, 0.15) is 25.5 Å². The van der Waals surface area contributed by atoms with Crippen LogP contribution in [0.4, 0.5) is 0 Å². The molecule has 0 aliphatic rings. The fraction of sp³-hybridized carbons (Fsp3) is 0.214. The van der Waals surface area contributed by atoms with Gasteiger partial charge in [-0.1, -0.05) is 12.1 Å². The van der Waals surface area contributed by atoms with E-state index in [9.17, 15) is 4.79 Å². The zero-order chi connectivity index (χ0) is 12.3. The molecule has 3 nitrogen and oxygen atoms in total. The number of nitrogens with one attached hydrogen (secondary N) is 1. The van der Waals surface area contributed by atoms with Crippen LogP contribution < -0.4 is 5.32 Å². The van der Waals surface area contributed by atoms with E-state index < -0.39 is 0 Å². The van der Waals surface area contributed by atoms with Crippen molar-refractivity contribution in [2.75, 3.05) is 0 Å². The maximum Gasteiger partial charge on any atom is 0.217 e. The number of hydrogen-bond acceptors (Lipinski definition) is 1. The van der Waals surface area contributed by atoms with Gasteiger partial charge < -0.3 is 9.88 Å². The molecule has 1 heterocycles. The molecular formula is C14H16N2O. The first kappa shape index (κ1) is 11.5. The maximum absolute atomic E-state index is 11.0. The fourth-order valence-electron chi connectivity index (χ4n) is 1.83. The van der Waals surface area contributed by atoms with E-state index in [0.29, 0.717) is 0 Å². The summed E-state index contributed by atoms with van der Waals surface area (Å²) >= 11 is 0. The second-order valence-corrected chi connectivity index (χ2v) is 4.10. The first-order chi connectivity index (χ1) is 8.16. The molecule has 3 heteroatoms.